The van der Waals surface area contributed by atoms with Crippen molar-refractivity contribution < 1.29 is 27.5 Å². The van der Waals surface area contributed by atoms with Gasteiger partial charge in [-0.3, -0.25) is 4.79 Å². The maximum Gasteiger partial charge on any atom is 0.416 e. The normalized spacial score (nSPS) is 19.1. The number of carbonyl (C=O) groups is 1. The summed E-state index contributed by atoms with van der Waals surface area (Å²) in [4.78, 5) is 18.1. The number of carbonyl (C=O) groups excluding carboxylic acids is 1. The van der Waals surface area contributed by atoms with Gasteiger partial charge < -0.3 is 19.7 Å². The largest absolute Gasteiger partial charge is 0.418 e. The zero-order chi connectivity index (χ0) is 22.2. The van der Waals surface area contributed by atoms with Crippen molar-refractivity contribution in [2.75, 3.05) is 18.6 Å². The first-order valence-corrected chi connectivity index (χ1v) is 9.36. The number of nitrogens with zero attached hydrogens (tertiary/aromatic N) is 4. The molecule has 0 bridgehead atoms. The molecule has 0 saturated carbocycles. The minimum absolute atomic E-state index is 0.0569. The van der Waals surface area contributed by atoms with Crippen LogP contribution < -0.4 is 5.32 Å². The Labute approximate surface area is 174 Å². The zero-order valence-corrected chi connectivity index (χ0v) is 16.3. The molecule has 0 aliphatic carbocycles. The standard InChI is InChI=1S/C20H18F3N5O3/c1-19(8-10-28(11-29)18(19)30)17-27-26-16(31-17)15-14(3-2-9-24-15)25-13-6-4-12(5-7-13)20(21,22)23/h2-7,9,25,29H,8,10-11H2,1H3/t19-/m0/s1. The van der Waals surface area contributed by atoms with Crippen LogP contribution in [0.4, 0.5) is 24.5 Å². The van der Waals surface area contributed by atoms with Crippen LogP contribution in [0.3, 0.4) is 0 Å². The molecule has 162 valence electrons. The van der Waals surface area contributed by atoms with Crippen LogP contribution in [0.25, 0.3) is 11.6 Å². The maximum absolute atomic E-state index is 12.8. The molecule has 1 aliphatic rings. The first-order valence-electron chi connectivity index (χ1n) is 9.36. The van der Waals surface area contributed by atoms with Crippen molar-refractivity contribution in [1.29, 1.82) is 0 Å². The van der Waals surface area contributed by atoms with Crippen LogP contribution in [0, 0.1) is 0 Å². The second-order valence-electron chi connectivity index (χ2n) is 7.30. The molecule has 1 aliphatic heterocycles. The molecule has 0 spiro atoms. The van der Waals surface area contributed by atoms with Crippen molar-refractivity contribution in [2.24, 2.45) is 0 Å². The lowest BCUT2D eigenvalue weighted by Gasteiger charge is -2.18. The maximum atomic E-state index is 12.8. The topological polar surface area (TPSA) is 104 Å². The van der Waals surface area contributed by atoms with E-state index in [0.29, 0.717) is 24.3 Å². The van der Waals surface area contributed by atoms with E-state index in [1.807, 2.05) is 0 Å². The van der Waals surface area contributed by atoms with Crippen LogP contribution in [0.2, 0.25) is 0 Å². The van der Waals surface area contributed by atoms with Gasteiger partial charge in [-0.2, -0.15) is 13.2 Å². The number of likely N-dealkylation sites (tertiary alicyclic amines) is 1. The lowest BCUT2D eigenvalue weighted by molar-refractivity contribution is -0.137. The van der Waals surface area contributed by atoms with Gasteiger partial charge in [-0.25, -0.2) is 4.98 Å². The summed E-state index contributed by atoms with van der Waals surface area (Å²) in [5, 5.41) is 20.3. The second-order valence-corrected chi connectivity index (χ2v) is 7.30. The van der Waals surface area contributed by atoms with E-state index < -0.39 is 23.9 Å². The average Bonchev–Trinajstić information content (AvgIpc) is 3.35. The van der Waals surface area contributed by atoms with Crippen molar-refractivity contribution in [3.05, 3.63) is 54.0 Å². The van der Waals surface area contributed by atoms with Gasteiger partial charge in [-0.1, -0.05) is 0 Å². The van der Waals surface area contributed by atoms with Gasteiger partial charge in [0.05, 0.1) is 11.3 Å². The third-order valence-electron chi connectivity index (χ3n) is 5.21. The Hall–Kier alpha value is -3.47. The first-order chi connectivity index (χ1) is 14.7. The molecule has 1 amide bonds. The summed E-state index contributed by atoms with van der Waals surface area (Å²) in [6.07, 6.45) is -2.50. The van der Waals surface area contributed by atoms with Gasteiger partial charge in [-0.05, 0) is 49.7 Å². The van der Waals surface area contributed by atoms with Gasteiger partial charge in [0.1, 0.15) is 12.1 Å². The molecule has 11 heteroatoms. The molecule has 1 aromatic carbocycles. The highest BCUT2D eigenvalue weighted by atomic mass is 19.4. The Bertz CT molecular complexity index is 1100. The number of hydrogen-bond donors (Lipinski definition) is 2. The predicted molar refractivity (Wildman–Crippen MR) is 103 cm³/mol. The Morgan fingerprint density at radius 1 is 1.23 bits per heavy atom. The van der Waals surface area contributed by atoms with Gasteiger partial charge in [0.2, 0.25) is 11.8 Å². The van der Waals surface area contributed by atoms with E-state index >= 15 is 0 Å². The van der Waals surface area contributed by atoms with E-state index in [2.05, 4.69) is 20.5 Å². The fourth-order valence-electron chi connectivity index (χ4n) is 3.37. The molecule has 2 aromatic heterocycles. The van der Waals surface area contributed by atoms with Gasteiger partial charge in [0.25, 0.3) is 5.89 Å². The molecule has 0 radical (unpaired) electrons. The number of aliphatic hydroxyl groups excluding tert-OH is 1. The van der Waals surface area contributed by atoms with Crippen LogP contribution in [0.1, 0.15) is 24.8 Å². The number of anilines is 2. The van der Waals surface area contributed by atoms with E-state index in [0.717, 1.165) is 12.1 Å². The van der Waals surface area contributed by atoms with E-state index in [-0.39, 0.29) is 23.4 Å². The van der Waals surface area contributed by atoms with E-state index in [1.54, 1.807) is 19.1 Å². The average molecular weight is 433 g/mol. The third-order valence-corrected chi connectivity index (χ3v) is 5.21. The molecular weight excluding hydrogens is 415 g/mol. The predicted octanol–water partition coefficient (Wildman–Crippen LogP) is 3.33. The molecule has 1 fully saturated rings. The number of halogens is 3. The van der Waals surface area contributed by atoms with Gasteiger partial charge in [-0.15, -0.1) is 10.2 Å². The molecule has 1 saturated heterocycles. The van der Waals surface area contributed by atoms with Crippen LogP contribution in [0.5, 0.6) is 0 Å². The Morgan fingerprint density at radius 3 is 2.61 bits per heavy atom. The third kappa shape index (κ3) is 3.83. The summed E-state index contributed by atoms with van der Waals surface area (Å²) in [6.45, 7) is 1.65. The van der Waals surface area contributed by atoms with E-state index in [1.165, 1.54) is 23.2 Å². The minimum atomic E-state index is -4.42. The molecule has 3 aromatic rings. The highest BCUT2D eigenvalue weighted by Crippen LogP contribution is 2.37. The number of aromatic nitrogens is 3. The molecule has 1 atom stereocenters. The fraction of sp³-hybridized carbons (Fsp3) is 0.300. The van der Waals surface area contributed by atoms with Crippen LogP contribution in [-0.4, -0.2) is 44.4 Å². The molecule has 0 unspecified atom stereocenters. The lowest BCUT2D eigenvalue weighted by Crippen LogP contribution is -2.36. The van der Waals surface area contributed by atoms with E-state index in [4.69, 9.17) is 4.42 Å². The number of amides is 1. The Morgan fingerprint density at radius 2 is 1.97 bits per heavy atom. The summed E-state index contributed by atoms with van der Waals surface area (Å²) in [7, 11) is 0. The number of nitrogens with one attached hydrogen (secondary N) is 1. The molecular formula is C20H18F3N5O3. The lowest BCUT2D eigenvalue weighted by atomic mass is 9.89. The number of rotatable bonds is 5. The van der Waals surface area contributed by atoms with Crippen LogP contribution in [-0.2, 0) is 16.4 Å². The van der Waals surface area contributed by atoms with Crippen molar-refractivity contribution >= 4 is 17.3 Å². The molecule has 4 rings (SSSR count). The zero-order valence-electron chi connectivity index (χ0n) is 16.3. The highest BCUT2D eigenvalue weighted by molar-refractivity contribution is 5.88. The van der Waals surface area contributed by atoms with Crippen LogP contribution >= 0.6 is 0 Å². The summed E-state index contributed by atoms with van der Waals surface area (Å²) >= 11 is 0. The number of alkyl halides is 3. The summed E-state index contributed by atoms with van der Waals surface area (Å²) in [5.41, 5.74) is -0.661. The Balaban J connectivity index is 1.61. The second kappa shape index (κ2) is 7.65. The SMILES string of the molecule is C[C@@]1(c2nnc(-c3ncccc3Nc3ccc(C(F)(F)F)cc3)o2)CCN(CO)C1=O. The molecule has 8 nitrogen and oxygen atoms in total. The first kappa shape index (κ1) is 20.8. The highest BCUT2D eigenvalue weighted by Gasteiger charge is 2.48. The fourth-order valence-corrected chi connectivity index (χ4v) is 3.37. The quantitative estimate of drug-likeness (QED) is 0.636. The van der Waals surface area contributed by atoms with Crippen molar-refractivity contribution in [2.45, 2.75) is 24.9 Å². The van der Waals surface area contributed by atoms with Gasteiger partial charge in [0.15, 0.2) is 5.69 Å². The van der Waals surface area contributed by atoms with E-state index in [9.17, 15) is 23.1 Å². The smallest absolute Gasteiger partial charge is 0.416 e. The number of hydrogen-bond acceptors (Lipinski definition) is 7. The number of aliphatic hydroxyl groups is 1. The van der Waals surface area contributed by atoms with Crippen molar-refractivity contribution in [1.82, 2.24) is 20.1 Å². The number of benzene rings is 1. The van der Waals surface area contributed by atoms with Gasteiger partial charge in [0, 0.05) is 18.4 Å². The van der Waals surface area contributed by atoms with Crippen LogP contribution in [0.15, 0.2) is 47.0 Å². The monoisotopic (exact) mass is 433 g/mol. The van der Waals surface area contributed by atoms with Crippen molar-refractivity contribution in [3.8, 4) is 11.6 Å². The van der Waals surface area contributed by atoms with Gasteiger partial charge >= 0.3 is 6.18 Å². The number of pyridine rings is 1. The molecule has 3 heterocycles. The minimum Gasteiger partial charge on any atom is -0.418 e. The molecule has 31 heavy (non-hydrogen) atoms. The Kier molecular flexibility index (Phi) is 5.13. The van der Waals surface area contributed by atoms with Crippen molar-refractivity contribution in [3.63, 3.8) is 0 Å². The molecule has 2 N–H and O–H groups in total. The summed E-state index contributed by atoms with van der Waals surface area (Å²) in [6, 6.07) is 7.88. The summed E-state index contributed by atoms with van der Waals surface area (Å²) < 4.78 is 44.1. The summed E-state index contributed by atoms with van der Waals surface area (Å²) in [5.74, 6) is -0.148.